The van der Waals surface area contributed by atoms with E-state index in [0.29, 0.717) is 0 Å². The predicted octanol–water partition coefficient (Wildman–Crippen LogP) is -1.58. The van der Waals surface area contributed by atoms with Crippen molar-refractivity contribution in [3.63, 3.8) is 0 Å². The molecule has 3 aromatic rings. The van der Waals surface area contributed by atoms with Gasteiger partial charge in [0.2, 0.25) is 0 Å². The van der Waals surface area contributed by atoms with Crippen LogP contribution in [0, 0.1) is 0 Å². The van der Waals surface area contributed by atoms with Gasteiger partial charge in [-0.1, -0.05) is 0 Å². The Bertz CT molecular complexity index is 904. The summed E-state index contributed by atoms with van der Waals surface area (Å²) in [6.07, 6.45) is 10.9. The molecule has 0 bridgehead atoms. The van der Waals surface area contributed by atoms with Crippen molar-refractivity contribution in [2.24, 2.45) is 0 Å². The van der Waals surface area contributed by atoms with E-state index in [9.17, 15) is 0 Å². The third-order valence-electron chi connectivity index (χ3n) is 6.03. The second kappa shape index (κ2) is 12.8. The third-order valence-corrected chi connectivity index (χ3v) is 7.10. The van der Waals surface area contributed by atoms with Gasteiger partial charge in [-0.3, -0.25) is 0 Å². The number of benzene rings is 3. The molecule has 0 saturated carbocycles. The second-order valence-electron chi connectivity index (χ2n) is 7.87. The van der Waals surface area contributed by atoms with Crippen molar-refractivity contribution in [1.29, 1.82) is 0 Å². The van der Waals surface area contributed by atoms with Gasteiger partial charge >= 0.3 is 187 Å². The van der Waals surface area contributed by atoms with E-state index >= 15 is 0 Å². The standard InChI is InChI=1S/C28H27.3ClH.Ti/c1-2-3-13-23-20-21-27(22-23)28(24-14-7-4-8-15-24,25-16-9-5-10-17-25)26-18-11-6-12-19-26;;;;/h4-12,14-22H,2-3,13H2,1H3;3*1H;/q;;;;+3/p-3. The summed E-state index contributed by atoms with van der Waals surface area (Å²) in [5.74, 6) is 0. The molecule has 4 rings (SSSR count). The fraction of sp³-hybridized carbons (Fsp3) is 0.214. The molecule has 0 N–H and O–H groups in total. The average molecular weight is 518 g/mol. The molecule has 0 fully saturated rings. The van der Waals surface area contributed by atoms with E-state index in [-0.39, 0.29) is 46.4 Å². The molecule has 1 atom stereocenters. The summed E-state index contributed by atoms with van der Waals surface area (Å²) in [6, 6.07) is 33.1. The topological polar surface area (TPSA) is 0 Å². The summed E-state index contributed by atoms with van der Waals surface area (Å²) in [5, 5.41) is 0. The maximum absolute atomic E-state index is 2.52. The molecule has 0 amide bonds. The third kappa shape index (κ3) is 5.27. The van der Waals surface area contributed by atoms with E-state index in [1.165, 1.54) is 35.1 Å². The molecule has 0 nitrogen and oxygen atoms in total. The summed E-state index contributed by atoms with van der Waals surface area (Å²) in [4.78, 5) is 0. The van der Waals surface area contributed by atoms with Crippen LogP contribution in [0.3, 0.4) is 0 Å². The SMILES string of the molecule is CCCCC1=C[C]([Ti+3])(C(c2ccccc2)(c2ccccc2)c2ccccc2)C=C1.[Cl-].[Cl-].[Cl-]. The maximum atomic E-state index is 2.52. The van der Waals surface area contributed by atoms with Crippen molar-refractivity contribution in [3.05, 3.63) is 131 Å². The van der Waals surface area contributed by atoms with E-state index < -0.39 is 0 Å². The number of rotatable bonds is 7. The van der Waals surface area contributed by atoms with Gasteiger partial charge in [-0.05, 0) is 0 Å². The molecule has 1 aliphatic rings. The smallest absolute Gasteiger partial charge is 1.00 e. The van der Waals surface area contributed by atoms with Crippen LogP contribution >= 0.6 is 0 Å². The van der Waals surface area contributed by atoms with Crippen molar-refractivity contribution in [2.75, 3.05) is 0 Å². The fourth-order valence-electron chi connectivity index (χ4n) is 4.68. The van der Waals surface area contributed by atoms with Gasteiger partial charge in [0.05, 0.1) is 0 Å². The molecule has 0 spiro atoms. The van der Waals surface area contributed by atoms with Crippen LogP contribution in [0.25, 0.3) is 0 Å². The minimum atomic E-state index is -0.290. The monoisotopic (exact) mass is 516 g/mol. The predicted molar refractivity (Wildman–Crippen MR) is 119 cm³/mol. The quantitative estimate of drug-likeness (QED) is 0.262. The first-order valence-electron chi connectivity index (χ1n) is 10.5. The first kappa shape index (κ1) is 28.8. The molecule has 0 aromatic heterocycles. The Morgan fingerprint density at radius 3 is 1.47 bits per heavy atom. The largest absolute Gasteiger partial charge is 1.00 e. The Balaban J connectivity index is 0.00000171. The minimum absolute atomic E-state index is 0. The summed E-state index contributed by atoms with van der Waals surface area (Å²) in [7, 11) is 0. The molecule has 1 aliphatic carbocycles. The summed E-state index contributed by atoms with van der Waals surface area (Å²) >= 11 is 2.40. The van der Waals surface area contributed by atoms with Crippen LogP contribution in [0.15, 0.2) is 115 Å². The van der Waals surface area contributed by atoms with Crippen LogP contribution in [-0.4, -0.2) is 0 Å². The number of hydrogen-bond donors (Lipinski definition) is 0. The molecule has 0 saturated heterocycles. The number of unbranched alkanes of at least 4 members (excludes halogenated alkanes) is 1. The average Bonchev–Trinajstić information content (AvgIpc) is 3.17. The Kier molecular flexibility index (Phi) is 11.5. The van der Waals surface area contributed by atoms with Gasteiger partial charge in [0.1, 0.15) is 0 Å². The van der Waals surface area contributed by atoms with Gasteiger partial charge in [0, 0.05) is 0 Å². The molecular weight excluding hydrogens is 491 g/mol. The van der Waals surface area contributed by atoms with E-state index in [1.54, 1.807) is 0 Å². The zero-order valence-electron chi connectivity index (χ0n) is 18.1. The van der Waals surface area contributed by atoms with Gasteiger partial charge < -0.3 is 37.2 Å². The van der Waals surface area contributed by atoms with Crippen LogP contribution in [0.2, 0.25) is 3.72 Å². The van der Waals surface area contributed by atoms with Crippen molar-refractivity contribution in [3.8, 4) is 0 Å². The van der Waals surface area contributed by atoms with Crippen LogP contribution < -0.4 is 37.2 Å². The van der Waals surface area contributed by atoms with Crippen LogP contribution in [0.1, 0.15) is 42.9 Å². The van der Waals surface area contributed by atoms with Crippen LogP contribution in [-0.2, 0) is 25.9 Å². The number of halogens is 3. The van der Waals surface area contributed by atoms with Gasteiger partial charge in [-0.2, -0.15) is 0 Å². The first-order chi connectivity index (χ1) is 14.2. The Morgan fingerprint density at radius 2 is 1.09 bits per heavy atom. The van der Waals surface area contributed by atoms with E-state index in [0.717, 1.165) is 6.42 Å². The van der Waals surface area contributed by atoms with Crippen molar-refractivity contribution in [2.45, 2.75) is 35.3 Å². The van der Waals surface area contributed by atoms with E-state index in [4.69, 9.17) is 0 Å². The summed E-state index contributed by atoms with van der Waals surface area (Å²) in [5.41, 5.74) is 5.16. The molecule has 32 heavy (non-hydrogen) atoms. The van der Waals surface area contributed by atoms with E-state index in [2.05, 4.69) is 137 Å². The second-order valence-corrected chi connectivity index (χ2v) is 9.17. The minimum Gasteiger partial charge on any atom is -1.00 e. The van der Waals surface area contributed by atoms with Crippen LogP contribution in [0.4, 0.5) is 0 Å². The molecule has 4 heteroatoms. The van der Waals surface area contributed by atoms with Crippen molar-refractivity contribution in [1.82, 2.24) is 0 Å². The van der Waals surface area contributed by atoms with Gasteiger partial charge in [0.15, 0.2) is 0 Å². The molecule has 164 valence electrons. The van der Waals surface area contributed by atoms with E-state index in [1.807, 2.05) is 0 Å². The molecule has 3 aromatic carbocycles. The van der Waals surface area contributed by atoms with Crippen molar-refractivity contribution < 1.29 is 57.7 Å². The number of hydrogen-bond acceptors (Lipinski definition) is 0. The molecule has 1 unspecified atom stereocenters. The van der Waals surface area contributed by atoms with Crippen molar-refractivity contribution >= 4 is 0 Å². The van der Waals surface area contributed by atoms with Crippen LogP contribution in [0.5, 0.6) is 0 Å². The Labute approximate surface area is 223 Å². The number of allylic oxidation sites excluding steroid dienone is 4. The summed E-state index contributed by atoms with van der Waals surface area (Å²) in [6.45, 7) is 2.26. The normalized spacial score (nSPS) is 16.9. The molecular formula is C28H27Cl3Ti. The Hall–Kier alpha value is -1.28. The van der Waals surface area contributed by atoms with Gasteiger partial charge in [0.25, 0.3) is 0 Å². The maximum Gasteiger partial charge on any atom is -1.00 e. The van der Waals surface area contributed by atoms with Gasteiger partial charge in [-0.25, -0.2) is 0 Å². The Morgan fingerprint density at radius 1 is 0.688 bits per heavy atom. The first-order valence-corrected chi connectivity index (χ1v) is 11.3. The zero-order chi connectivity index (χ0) is 20.2. The van der Waals surface area contributed by atoms with Gasteiger partial charge in [-0.15, -0.1) is 0 Å². The molecule has 0 aliphatic heterocycles. The zero-order valence-corrected chi connectivity index (χ0v) is 22.0. The summed E-state index contributed by atoms with van der Waals surface area (Å²) < 4.78 is -0.153. The molecule has 0 heterocycles. The molecule has 0 radical (unpaired) electrons. The fourth-order valence-corrected chi connectivity index (χ4v) is 5.77.